The summed E-state index contributed by atoms with van der Waals surface area (Å²) in [6.45, 7) is 21.2. The van der Waals surface area contributed by atoms with Gasteiger partial charge in [0.1, 0.15) is 6.04 Å². The minimum atomic E-state index is -0.603. The molecule has 0 saturated heterocycles. The van der Waals surface area contributed by atoms with Gasteiger partial charge in [-0.15, -0.1) is 0 Å². The number of aliphatic hydroxyl groups excluding tert-OH is 1. The van der Waals surface area contributed by atoms with Crippen LogP contribution in [0.25, 0.3) is 0 Å². The van der Waals surface area contributed by atoms with Gasteiger partial charge in [0.05, 0.1) is 18.6 Å². The summed E-state index contributed by atoms with van der Waals surface area (Å²) in [6, 6.07) is -0.603. The number of hydrogen-bond acceptors (Lipinski definition) is 4. The highest BCUT2D eigenvalue weighted by Crippen LogP contribution is 2.75. The van der Waals surface area contributed by atoms with Gasteiger partial charge in [0.2, 0.25) is 5.91 Å². The van der Waals surface area contributed by atoms with E-state index in [-0.39, 0.29) is 56.9 Å². The summed E-state index contributed by atoms with van der Waals surface area (Å²) in [6.07, 6.45) is 13.5. The number of esters is 1. The van der Waals surface area contributed by atoms with E-state index in [1.165, 1.54) is 20.0 Å². The van der Waals surface area contributed by atoms with E-state index in [2.05, 4.69) is 66.8 Å². The average molecular weight is 584 g/mol. The SMILES string of the molecule is CC[C@H](C)[C@H](NC(=O)[C@]12CCC(C)(C)C[C@H]1C1=CC[C@@H]3[C@@]4(C)CC[C@H](O)C(C)(C)[C@@H]4CC[C@@]3(C)[C@]1(C)CC2)C(=O)OC. The number of carbonyl (C=O) groups excluding carboxylic acids is 2. The summed E-state index contributed by atoms with van der Waals surface area (Å²) in [4.78, 5) is 27.3. The van der Waals surface area contributed by atoms with Crippen molar-refractivity contribution in [2.45, 2.75) is 145 Å². The molecule has 5 nitrogen and oxygen atoms in total. The van der Waals surface area contributed by atoms with Crippen molar-refractivity contribution in [1.29, 1.82) is 0 Å². The van der Waals surface area contributed by atoms with Crippen LogP contribution in [0.4, 0.5) is 0 Å². The van der Waals surface area contributed by atoms with Crippen molar-refractivity contribution in [3.63, 3.8) is 0 Å². The summed E-state index contributed by atoms with van der Waals surface area (Å²) < 4.78 is 5.16. The van der Waals surface area contributed by atoms with Crippen LogP contribution in [0.1, 0.15) is 133 Å². The van der Waals surface area contributed by atoms with Crippen molar-refractivity contribution < 1.29 is 19.4 Å². The Kier molecular flexibility index (Phi) is 7.89. The van der Waals surface area contributed by atoms with E-state index in [1.807, 2.05) is 6.92 Å². The van der Waals surface area contributed by atoms with Gasteiger partial charge in [0.25, 0.3) is 0 Å². The highest BCUT2D eigenvalue weighted by molar-refractivity contribution is 5.89. The van der Waals surface area contributed by atoms with Crippen molar-refractivity contribution in [1.82, 2.24) is 5.32 Å². The van der Waals surface area contributed by atoms with Gasteiger partial charge in [-0.05, 0) is 115 Å². The highest BCUT2D eigenvalue weighted by Gasteiger charge is 2.69. The normalized spacial score (nSPS) is 45.1. The van der Waals surface area contributed by atoms with Gasteiger partial charge in [0.15, 0.2) is 0 Å². The van der Waals surface area contributed by atoms with Crippen molar-refractivity contribution in [3.05, 3.63) is 11.6 Å². The molecule has 0 aromatic carbocycles. The summed E-state index contributed by atoms with van der Waals surface area (Å²) in [5.41, 5.74) is 1.62. The molecule has 4 saturated carbocycles. The molecule has 0 bridgehead atoms. The molecule has 10 atom stereocenters. The minimum absolute atomic E-state index is 0.0212. The predicted molar refractivity (Wildman–Crippen MR) is 168 cm³/mol. The quantitative estimate of drug-likeness (QED) is 0.255. The number of carbonyl (C=O) groups is 2. The largest absolute Gasteiger partial charge is 0.467 e. The lowest BCUT2D eigenvalue weighted by Gasteiger charge is -2.71. The average Bonchev–Trinajstić information content (AvgIpc) is 2.93. The Labute approximate surface area is 256 Å². The molecule has 4 fully saturated rings. The number of methoxy groups -OCH3 is 1. The molecule has 0 heterocycles. The third kappa shape index (κ3) is 4.39. The van der Waals surface area contributed by atoms with E-state index in [4.69, 9.17) is 4.74 Å². The lowest BCUT2D eigenvalue weighted by atomic mass is 9.33. The summed E-state index contributed by atoms with van der Waals surface area (Å²) in [5, 5.41) is 14.3. The van der Waals surface area contributed by atoms with Crippen LogP contribution in [0.5, 0.6) is 0 Å². The standard InChI is InChI=1S/C37H61NO4/c1-11-23(2)29(30(40)42-10)38-31(41)37-20-18-32(3,4)22-25(37)24-12-13-27-34(7)16-15-28(39)33(5,6)26(34)14-17-36(27,9)35(24,8)19-21-37/h12,23,25-29,39H,11,13-22H2,1-10H3,(H,38,41)/t23-,25-,26-,27+,28-,29-,34-,35+,36+,37-/m0/s1. The van der Waals surface area contributed by atoms with Crippen LogP contribution in [0, 0.1) is 56.2 Å². The van der Waals surface area contributed by atoms with Gasteiger partial charge in [-0.1, -0.05) is 80.4 Å². The molecule has 0 radical (unpaired) electrons. The smallest absolute Gasteiger partial charge is 0.328 e. The van der Waals surface area contributed by atoms with Gasteiger partial charge in [-0.3, -0.25) is 4.79 Å². The van der Waals surface area contributed by atoms with Gasteiger partial charge in [0, 0.05) is 0 Å². The van der Waals surface area contributed by atoms with Crippen LogP contribution >= 0.6 is 0 Å². The number of aliphatic hydroxyl groups is 1. The van der Waals surface area contributed by atoms with Crippen molar-refractivity contribution in [2.75, 3.05) is 7.11 Å². The molecular weight excluding hydrogens is 522 g/mol. The van der Waals surface area contributed by atoms with Gasteiger partial charge >= 0.3 is 5.97 Å². The molecule has 5 aliphatic rings. The second-order valence-electron chi connectivity index (χ2n) is 17.6. The maximum atomic E-state index is 14.5. The second-order valence-corrected chi connectivity index (χ2v) is 17.6. The van der Waals surface area contributed by atoms with E-state index in [0.717, 1.165) is 57.8 Å². The molecule has 5 rings (SSSR count). The Hall–Kier alpha value is -1.36. The molecule has 0 aliphatic heterocycles. The highest BCUT2D eigenvalue weighted by atomic mass is 16.5. The number of fused-ring (bicyclic) bond motifs is 7. The van der Waals surface area contributed by atoms with Gasteiger partial charge in [-0.25, -0.2) is 4.79 Å². The number of allylic oxidation sites excluding steroid dienone is 2. The van der Waals surface area contributed by atoms with Crippen LogP contribution in [0.2, 0.25) is 0 Å². The molecule has 5 aliphatic carbocycles. The third-order valence-electron chi connectivity index (χ3n) is 15.0. The minimum Gasteiger partial charge on any atom is -0.467 e. The fourth-order valence-electron chi connectivity index (χ4n) is 11.7. The Balaban J connectivity index is 1.54. The Bertz CT molecular complexity index is 1120. The second kappa shape index (κ2) is 10.3. The maximum Gasteiger partial charge on any atom is 0.328 e. The molecule has 1 amide bonds. The summed E-state index contributed by atoms with van der Waals surface area (Å²) in [5.74, 6) is 1.07. The van der Waals surface area contributed by atoms with Crippen LogP contribution in [0.15, 0.2) is 11.6 Å². The first-order chi connectivity index (χ1) is 19.4. The molecule has 0 unspecified atom stereocenters. The summed E-state index contributed by atoms with van der Waals surface area (Å²) >= 11 is 0. The Morgan fingerprint density at radius 1 is 0.976 bits per heavy atom. The summed E-state index contributed by atoms with van der Waals surface area (Å²) in [7, 11) is 1.42. The van der Waals surface area contributed by atoms with Crippen molar-refractivity contribution in [2.24, 2.45) is 56.2 Å². The molecule has 0 spiro atoms. The molecule has 2 N–H and O–H groups in total. The zero-order valence-corrected chi connectivity index (χ0v) is 28.5. The lowest BCUT2D eigenvalue weighted by Crippen LogP contribution is -2.66. The van der Waals surface area contributed by atoms with Crippen molar-refractivity contribution in [3.8, 4) is 0 Å². The van der Waals surface area contributed by atoms with Gasteiger partial charge < -0.3 is 15.2 Å². The number of ether oxygens (including phenoxy) is 1. The molecular formula is C37H61NO4. The number of rotatable bonds is 5. The topological polar surface area (TPSA) is 75.6 Å². The third-order valence-corrected chi connectivity index (χ3v) is 15.0. The van der Waals surface area contributed by atoms with Crippen molar-refractivity contribution >= 4 is 11.9 Å². The number of hydrogen-bond donors (Lipinski definition) is 2. The lowest BCUT2D eigenvalue weighted by molar-refractivity contribution is -0.203. The Morgan fingerprint density at radius 2 is 1.64 bits per heavy atom. The van der Waals surface area contributed by atoms with E-state index >= 15 is 0 Å². The van der Waals surface area contributed by atoms with Crippen LogP contribution in [-0.4, -0.2) is 36.2 Å². The first-order valence-electron chi connectivity index (χ1n) is 17.2. The predicted octanol–water partition coefficient (Wildman–Crippen LogP) is 7.85. The number of nitrogens with one attached hydrogen (secondary N) is 1. The molecule has 0 aromatic heterocycles. The number of amides is 1. The molecule has 5 heteroatoms. The monoisotopic (exact) mass is 583 g/mol. The molecule has 0 aromatic rings. The first-order valence-corrected chi connectivity index (χ1v) is 17.2. The van der Waals surface area contributed by atoms with Crippen LogP contribution in [0.3, 0.4) is 0 Å². The molecule has 238 valence electrons. The van der Waals surface area contributed by atoms with Crippen LogP contribution in [-0.2, 0) is 14.3 Å². The fourth-order valence-corrected chi connectivity index (χ4v) is 11.7. The zero-order valence-electron chi connectivity index (χ0n) is 28.5. The molecule has 42 heavy (non-hydrogen) atoms. The van der Waals surface area contributed by atoms with Crippen LogP contribution < -0.4 is 5.32 Å². The fraction of sp³-hybridized carbons (Fsp3) is 0.892. The van der Waals surface area contributed by atoms with E-state index in [1.54, 1.807) is 5.57 Å². The van der Waals surface area contributed by atoms with E-state index < -0.39 is 11.5 Å². The van der Waals surface area contributed by atoms with E-state index in [9.17, 15) is 14.7 Å². The first kappa shape index (κ1) is 32.0. The Morgan fingerprint density at radius 3 is 2.29 bits per heavy atom. The van der Waals surface area contributed by atoms with E-state index in [0.29, 0.717) is 11.8 Å². The van der Waals surface area contributed by atoms with Gasteiger partial charge in [-0.2, -0.15) is 0 Å². The maximum absolute atomic E-state index is 14.5. The zero-order chi connectivity index (χ0) is 31.1.